The molecule has 0 amide bonds. The average molecular weight is 443 g/mol. The topological polar surface area (TPSA) is 75.1 Å². The molecule has 1 aliphatic heterocycles. The Labute approximate surface area is 194 Å². The summed E-state index contributed by atoms with van der Waals surface area (Å²) in [5, 5.41) is 7.70. The molecule has 1 aromatic carbocycles. The number of piperidine rings is 1. The SMILES string of the molecule is C#Cc1cc2cnc(Nc3ccc(NC4CCCN(C)C4)cc3)nc2n(C2CCCC2)c1=O. The van der Waals surface area contributed by atoms with Crippen molar-refractivity contribution in [1.29, 1.82) is 0 Å². The van der Waals surface area contributed by atoms with E-state index in [4.69, 9.17) is 11.4 Å². The van der Waals surface area contributed by atoms with E-state index in [1.54, 1.807) is 16.8 Å². The number of anilines is 3. The molecule has 2 aliphatic rings. The van der Waals surface area contributed by atoms with Gasteiger partial charge in [0.05, 0.1) is 5.56 Å². The highest BCUT2D eigenvalue weighted by molar-refractivity contribution is 5.77. The van der Waals surface area contributed by atoms with Gasteiger partial charge in [-0.1, -0.05) is 18.8 Å². The maximum atomic E-state index is 13.0. The van der Waals surface area contributed by atoms with Gasteiger partial charge in [-0.25, -0.2) is 4.98 Å². The molecule has 3 aromatic rings. The number of hydrogen-bond donors (Lipinski definition) is 2. The highest BCUT2D eigenvalue weighted by atomic mass is 16.1. The Kier molecular flexibility index (Phi) is 6.01. The molecular weight excluding hydrogens is 412 g/mol. The third-order valence-corrected chi connectivity index (χ3v) is 6.75. The number of nitrogens with zero attached hydrogens (tertiary/aromatic N) is 4. The van der Waals surface area contributed by atoms with Crippen LogP contribution in [-0.4, -0.2) is 45.6 Å². The molecule has 2 fully saturated rings. The minimum absolute atomic E-state index is 0.134. The lowest BCUT2D eigenvalue weighted by Crippen LogP contribution is -2.39. The standard InChI is InChI=1S/C26H30N6O/c1-3-18-15-19-16-27-26(30-24(19)32(25(18)33)23-8-4-5-9-23)29-21-12-10-20(11-13-21)28-22-7-6-14-31(2)17-22/h1,10-13,15-16,22-23,28H,4-9,14,17H2,2H3,(H,27,29,30). The zero-order valence-corrected chi connectivity index (χ0v) is 19.1. The molecule has 0 spiro atoms. The Bertz CT molecular complexity index is 1240. The molecule has 7 nitrogen and oxygen atoms in total. The first kappa shape index (κ1) is 21.5. The van der Waals surface area contributed by atoms with Gasteiger partial charge in [0.2, 0.25) is 5.95 Å². The number of terminal acetylenes is 1. The maximum absolute atomic E-state index is 13.0. The largest absolute Gasteiger partial charge is 0.381 e. The van der Waals surface area contributed by atoms with Crippen LogP contribution in [0.25, 0.3) is 11.0 Å². The summed E-state index contributed by atoms with van der Waals surface area (Å²) < 4.78 is 1.79. The van der Waals surface area contributed by atoms with Crippen LogP contribution in [0.3, 0.4) is 0 Å². The van der Waals surface area contributed by atoms with Crippen LogP contribution in [0.15, 0.2) is 41.3 Å². The molecule has 1 aliphatic carbocycles. The Balaban J connectivity index is 1.38. The molecule has 1 atom stereocenters. The van der Waals surface area contributed by atoms with Crippen LogP contribution < -0.4 is 16.2 Å². The molecule has 2 N–H and O–H groups in total. The third kappa shape index (κ3) is 4.57. The number of nitrogens with one attached hydrogen (secondary N) is 2. The van der Waals surface area contributed by atoms with E-state index < -0.39 is 0 Å². The van der Waals surface area contributed by atoms with Crippen molar-refractivity contribution < 1.29 is 0 Å². The fourth-order valence-corrected chi connectivity index (χ4v) is 5.08. The Morgan fingerprint density at radius 3 is 2.58 bits per heavy atom. The van der Waals surface area contributed by atoms with Gasteiger partial charge in [-0.2, -0.15) is 4.98 Å². The van der Waals surface area contributed by atoms with Crippen molar-refractivity contribution in [2.75, 3.05) is 30.8 Å². The zero-order chi connectivity index (χ0) is 22.8. The van der Waals surface area contributed by atoms with Gasteiger partial charge in [0.15, 0.2) is 0 Å². The lowest BCUT2D eigenvalue weighted by molar-refractivity contribution is 0.261. The van der Waals surface area contributed by atoms with Crippen molar-refractivity contribution in [2.45, 2.75) is 50.6 Å². The van der Waals surface area contributed by atoms with Crippen LogP contribution in [0.1, 0.15) is 50.1 Å². The number of rotatable bonds is 5. The van der Waals surface area contributed by atoms with Gasteiger partial charge in [-0.05, 0) is 69.6 Å². The molecule has 0 radical (unpaired) electrons. The molecule has 1 saturated carbocycles. The highest BCUT2D eigenvalue weighted by Crippen LogP contribution is 2.31. The van der Waals surface area contributed by atoms with Crippen molar-refractivity contribution in [3.63, 3.8) is 0 Å². The minimum Gasteiger partial charge on any atom is -0.381 e. The van der Waals surface area contributed by atoms with Crippen LogP contribution in [0, 0.1) is 12.3 Å². The summed E-state index contributed by atoms with van der Waals surface area (Å²) in [5.41, 5.74) is 2.88. The number of hydrogen-bond acceptors (Lipinski definition) is 6. The molecule has 33 heavy (non-hydrogen) atoms. The van der Waals surface area contributed by atoms with Crippen molar-refractivity contribution in [3.05, 3.63) is 52.4 Å². The molecule has 5 rings (SSSR count). The fraction of sp³-hybridized carbons (Fsp3) is 0.423. The zero-order valence-electron chi connectivity index (χ0n) is 19.1. The summed E-state index contributed by atoms with van der Waals surface area (Å²) in [4.78, 5) is 24.6. The van der Waals surface area contributed by atoms with E-state index in [0.717, 1.165) is 49.0 Å². The lowest BCUT2D eigenvalue weighted by atomic mass is 10.1. The van der Waals surface area contributed by atoms with Gasteiger partial charge in [0, 0.05) is 41.6 Å². The molecule has 0 bridgehead atoms. The van der Waals surface area contributed by atoms with E-state index in [1.807, 2.05) is 12.1 Å². The summed E-state index contributed by atoms with van der Waals surface area (Å²) >= 11 is 0. The Hall–Kier alpha value is -3.37. The molecule has 1 unspecified atom stereocenters. The fourth-order valence-electron chi connectivity index (χ4n) is 5.08. The smallest absolute Gasteiger partial charge is 0.268 e. The highest BCUT2D eigenvalue weighted by Gasteiger charge is 2.22. The predicted octanol–water partition coefficient (Wildman–Crippen LogP) is 4.14. The van der Waals surface area contributed by atoms with Gasteiger partial charge >= 0.3 is 0 Å². The van der Waals surface area contributed by atoms with E-state index >= 15 is 0 Å². The first-order chi connectivity index (χ1) is 16.1. The van der Waals surface area contributed by atoms with Crippen molar-refractivity contribution in [1.82, 2.24) is 19.4 Å². The predicted molar refractivity (Wildman–Crippen MR) is 133 cm³/mol. The molecular formula is C26H30N6O. The number of fused-ring (bicyclic) bond motifs is 1. The molecule has 2 aromatic heterocycles. The van der Waals surface area contributed by atoms with Crippen LogP contribution >= 0.6 is 0 Å². The number of likely N-dealkylation sites (N-methyl/N-ethyl adjacent to an activating group) is 1. The lowest BCUT2D eigenvalue weighted by Gasteiger charge is -2.30. The molecule has 7 heteroatoms. The Morgan fingerprint density at radius 2 is 1.85 bits per heavy atom. The summed E-state index contributed by atoms with van der Waals surface area (Å²) in [7, 11) is 2.17. The van der Waals surface area contributed by atoms with Gasteiger partial charge in [0.1, 0.15) is 5.65 Å². The molecule has 1 saturated heterocycles. The Morgan fingerprint density at radius 1 is 1.09 bits per heavy atom. The first-order valence-corrected chi connectivity index (χ1v) is 11.8. The summed E-state index contributed by atoms with van der Waals surface area (Å²) in [5.74, 6) is 3.00. The molecule has 3 heterocycles. The van der Waals surface area contributed by atoms with Crippen LogP contribution in [0.2, 0.25) is 0 Å². The van der Waals surface area contributed by atoms with Gasteiger partial charge in [0.25, 0.3) is 5.56 Å². The number of pyridine rings is 1. The van der Waals surface area contributed by atoms with E-state index in [1.165, 1.54) is 19.4 Å². The van der Waals surface area contributed by atoms with Gasteiger partial charge in [-0.3, -0.25) is 9.36 Å². The normalized spacial score (nSPS) is 19.5. The monoisotopic (exact) mass is 442 g/mol. The third-order valence-electron chi connectivity index (χ3n) is 6.75. The van der Waals surface area contributed by atoms with Gasteiger partial charge < -0.3 is 15.5 Å². The van der Waals surface area contributed by atoms with Crippen LogP contribution in [-0.2, 0) is 0 Å². The van der Waals surface area contributed by atoms with Crippen molar-refractivity contribution in [2.24, 2.45) is 0 Å². The van der Waals surface area contributed by atoms with E-state index in [2.05, 4.69) is 45.6 Å². The quantitative estimate of drug-likeness (QED) is 0.579. The van der Waals surface area contributed by atoms with Crippen LogP contribution in [0.4, 0.5) is 17.3 Å². The first-order valence-electron chi connectivity index (χ1n) is 11.8. The minimum atomic E-state index is -0.134. The maximum Gasteiger partial charge on any atom is 0.268 e. The van der Waals surface area contributed by atoms with Gasteiger partial charge in [-0.15, -0.1) is 6.42 Å². The van der Waals surface area contributed by atoms with E-state index in [0.29, 0.717) is 23.2 Å². The number of benzene rings is 1. The van der Waals surface area contributed by atoms with Crippen molar-refractivity contribution in [3.8, 4) is 12.3 Å². The second-order valence-corrected chi connectivity index (χ2v) is 9.24. The summed E-state index contributed by atoms with van der Waals surface area (Å²) in [6, 6.07) is 10.5. The second-order valence-electron chi connectivity index (χ2n) is 9.24. The average Bonchev–Trinajstić information content (AvgIpc) is 3.34. The van der Waals surface area contributed by atoms with Crippen molar-refractivity contribution >= 4 is 28.4 Å². The summed E-state index contributed by atoms with van der Waals surface area (Å²) in [6.45, 7) is 2.24. The number of aromatic nitrogens is 3. The number of likely N-dealkylation sites (tertiary alicyclic amines) is 1. The van der Waals surface area contributed by atoms with E-state index in [-0.39, 0.29) is 11.6 Å². The van der Waals surface area contributed by atoms with Crippen LogP contribution in [0.5, 0.6) is 0 Å². The second kappa shape index (κ2) is 9.24. The van der Waals surface area contributed by atoms with E-state index in [9.17, 15) is 4.79 Å². The summed E-state index contributed by atoms with van der Waals surface area (Å²) in [6.07, 6.45) is 13.9. The molecule has 170 valence electrons.